The van der Waals surface area contributed by atoms with Gasteiger partial charge in [0.1, 0.15) is 6.07 Å². The van der Waals surface area contributed by atoms with Gasteiger partial charge in [-0.25, -0.2) is 4.98 Å². The van der Waals surface area contributed by atoms with Crippen molar-refractivity contribution in [1.29, 1.82) is 5.26 Å². The van der Waals surface area contributed by atoms with Gasteiger partial charge in [-0.3, -0.25) is 4.72 Å². The molecule has 2 N–H and O–H groups in total. The fraction of sp³-hybridized carbons (Fsp3) is 0.350. The molecular formula is C20H20ClF2N5O2S. The van der Waals surface area contributed by atoms with Gasteiger partial charge in [0.15, 0.2) is 0 Å². The largest absolute Gasteiger partial charge is 0.478 e. The number of nitrogens with zero attached hydrogens (tertiary/aromatic N) is 3. The molecule has 1 saturated carbocycles. The van der Waals surface area contributed by atoms with Gasteiger partial charge in [0, 0.05) is 11.6 Å². The summed E-state index contributed by atoms with van der Waals surface area (Å²) in [6.07, 6.45) is 4.68. The normalized spacial score (nSPS) is 12.8. The lowest BCUT2D eigenvalue weighted by molar-refractivity contribution is -0.0523. The summed E-state index contributed by atoms with van der Waals surface area (Å²) >= 11 is 7.20. The standard InChI is InChI=1S/C16H12ClF2N5O2S.C4H8/c1-7-13(26-15(18)19)14(25-2)23-16(22-7)24-27-11-6-21-12-8(11)3-4-10(17)9(12)5-20;1-4-2-3-4/h3-4,6,15,21H,1-2H3,(H,22,23,24);4H,2-3H2,1H3. The van der Waals surface area contributed by atoms with E-state index in [0.29, 0.717) is 16.1 Å². The lowest BCUT2D eigenvalue weighted by Crippen LogP contribution is -2.08. The molecule has 3 aromatic rings. The molecule has 0 aliphatic heterocycles. The predicted octanol–water partition coefficient (Wildman–Crippen LogP) is 5.94. The molecule has 2 heterocycles. The zero-order valence-corrected chi connectivity index (χ0v) is 18.6. The summed E-state index contributed by atoms with van der Waals surface area (Å²) in [6.45, 7) is 0.770. The van der Waals surface area contributed by atoms with E-state index in [4.69, 9.17) is 16.3 Å². The number of alkyl halides is 2. The van der Waals surface area contributed by atoms with E-state index in [1.807, 2.05) is 0 Å². The fourth-order valence-corrected chi connectivity index (χ4v) is 3.44. The van der Waals surface area contributed by atoms with Crippen LogP contribution in [0.15, 0.2) is 23.2 Å². The molecule has 0 bridgehead atoms. The van der Waals surface area contributed by atoms with Crippen molar-refractivity contribution in [3.05, 3.63) is 34.6 Å². The van der Waals surface area contributed by atoms with Crippen LogP contribution in [0.3, 0.4) is 0 Å². The van der Waals surface area contributed by atoms with Crippen LogP contribution in [0.1, 0.15) is 31.0 Å². The summed E-state index contributed by atoms with van der Waals surface area (Å²) < 4.78 is 37.3. The van der Waals surface area contributed by atoms with Gasteiger partial charge in [-0.1, -0.05) is 37.4 Å². The summed E-state index contributed by atoms with van der Waals surface area (Å²) in [6, 6.07) is 5.48. The van der Waals surface area contributed by atoms with Crippen LogP contribution in [0, 0.1) is 24.2 Å². The Morgan fingerprint density at radius 2 is 2.06 bits per heavy atom. The smallest absolute Gasteiger partial charge is 0.387 e. The number of aromatic nitrogens is 3. The second kappa shape index (κ2) is 10.0. The minimum Gasteiger partial charge on any atom is -0.478 e. The molecule has 11 heteroatoms. The maximum atomic E-state index is 12.5. The number of nitrogens with one attached hydrogen (secondary N) is 2. The molecule has 7 nitrogen and oxygen atoms in total. The van der Waals surface area contributed by atoms with Gasteiger partial charge in [-0.05, 0) is 30.9 Å². The monoisotopic (exact) mass is 467 g/mol. The van der Waals surface area contributed by atoms with Gasteiger partial charge in [0.2, 0.25) is 11.7 Å². The molecule has 164 valence electrons. The highest BCUT2D eigenvalue weighted by Gasteiger charge is 2.18. The van der Waals surface area contributed by atoms with E-state index in [0.717, 1.165) is 16.2 Å². The molecule has 0 spiro atoms. The summed E-state index contributed by atoms with van der Waals surface area (Å²) in [5, 5.41) is 10.4. The van der Waals surface area contributed by atoms with Crippen LogP contribution in [-0.2, 0) is 0 Å². The number of hydrogen-bond donors (Lipinski definition) is 2. The number of hydrogen-bond acceptors (Lipinski definition) is 7. The summed E-state index contributed by atoms with van der Waals surface area (Å²) in [4.78, 5) is 11.9. The van der Waals surface area contributed by atoms with Gasteiger partial charge in [0.25, 0.3) is 5.88 Å². The van der Waals surface area contributed by atoms with Gasteiger partial charge < -0.3 is 14.5 Å². The zero-order chi connectivity index (χ0) is 22.5. The zero-order valence-electron chi connectivity index (χ0n) is 17.0. The Kier molecular flexibility index (Phi) is 7.41. The molecule has 1 aromatic carbocycles. The second-order valence-corrected chi connectivity index (χ2v) is 8.10. The van der Waals surface area contributed by atoms with Crippen molar-refractivity contribution in [1.82, 2.24) is 15.0 Å². The second-order valence-electron chi connectivity index (χ2n) is 6.85. The van der Waals surface area contributed by atoms with Gasteiger partial charge >= 0.3 is 6.61 Å². The molecule has 1 aliphatic carbocycles. The van der Waals surface area contributed by atoms with Crippen LogP contribution in [-0.4, -0.2) is 28.7 Å². The van der Waals surface area contributed by atoms with Gasteiger partial charge in [-0.2, -0.15) is 19.0 Å². The number of aromatic amines is 1. The van der Waals surface area contributed by atoms with Gasteiger partial charge in [0.05, 0.1) is 33.8 Å². The minimum atomic E-state index is -3.01. The number of fused-ring (bicyclic) bond motifs is 1. The Hall–Kier alpha value is -2.77. The average Bonchev–Trinajstić information content (AvgIpc) is 3.41. The number of anilines is 1. The van der Waals surface area contributed by atoms with E-state index in [9.17, 15) is 14.0 Å². The number of H-pyrrole nitrogens is 1. The van der Waals surface area contributed by atoms with E-state index >= 15 is 0 Å². The molecule has 0 atom stereocenters. The van der Waals surface area contributed by atoms with E-state index < -0.39 is 6.61 Å². The molecule has 0 saturated heterocycles. The van der Waals surface area contributed by atoms with Crippen molar-refractivity contribution < 1.29 is 18.3 Å². The Balaban J connectivity index is 0.000000610. The van der Waals surface area contributed by atoms with E-state index in [2.05, 4.69) is 37.4 Å². The van der Waals surface area contributed by atoms with Crippen LogP contribution in [0.5, 0.6) is 11.6 Å². The molecule has 0 unspecified atom stereocenters. The molecular weight excluding hydrogens is 448 g/mol. The number of ether oxygens (including phenoxy) is 2. The Labute approximate surface area is 187 Å². The van der Waals surface area contributed by atoms with Crippen molar-refractivity contribution in [2.24, 2.45) is 5.92 Å². The third kappa shape index (κ3) is 5.68. The first-order valence-electron chi connectivity index (χ1n) is 9.34. The number of rotatable bonds is 6. The topological polar surface area (TPSA) is 95.8 Å². The number of benzene rings is 1. The first-order valence-corrected chi connectivity index (χ1v) is 10.5. The molecule has 1 fully saturated rings. The third-order valence-electron chi connectivity index (χ3n) is 4.40. The molecule has 0 amide bonds. The van der Waals surface area contributed by atoms with E-state index in [1.54, 1.807) is 18.3 Å². The number of methoxy groups -OCH3 is 1. The average molecular weight is 468 g/mol. The van der Waals surface area contributed by atoms with Crippen molar-refractivity contribution in [2.45, 2.75) is 38.2 Å². The van der Waals surface area contributed by atoms with E-state index in [1.165, 1.54) is 38.8 Å². The molecule has 1 aliphatic rings. The third-order valence-corrected chi connectivity index (χ3v) is 5.56. The van der Waals surface area contributed by atoms with Crippen LogP contribution >= 0.6 is 23.5 Å². The van der Waals surface area contributed by atoms with Crippen molar-refractivity contribution in [3.63, 3.8) is 0 Å². The van der Waals surface area contributed by atoms with Crippen LogP contribution in [0.4, 0.5) is 14.7 Å². The van der Waals surface area contributed by atoms with Crippen molar-refractivity contribution in [3.8, 4) is 17.7 Å². The van der Waals surface area contributed by atoms with Crippen LogP contribution in [0.25, 0.3) is 10.9 Å². The maximum absolute atomic E-state index is 12.5. The number of aryl methyl sites for hydroxylation is 1. The quantitative estimate of drug-likeness (QED) is 0.433. The summed E-state index contributed by atoms with van der Waals surface area (Å²) in [7, 11) is 1.30. The SMILES string of the molecule is CC1CC1.COc1nc(NSc2c[nH]c3c(C#N)c(Cl)ccc23)nc(C)c1OC(F)F. The summed E-state index contributed by atoms with van der Waals surface area (Å²) in [5.41, 5.74) is 1.16. The molecule has 4 rings (SSSR count). The Morgan fingerprint density at radius 3 is 2.65 bits per heavy atom. The highest BCUT2D eigenvalue weighted by molar-refractivity contribution is 8.00. The lowest BCUT2D eigenvalue weighted by atomic mass is 10.1. The molecule has 2 aromatic heterocycles. The van der Waals surface area contributed by atoms with Crippen molar-refractivity contribution in [2.75, 3.05) is 11.8 Å². The summed E-state index contributed by atoms with van der Waals surface area (Å²) in [5.74, 6) is 0.909. The maximum Gasteiger partial charge on any atom is 0.387 e. The fourth-order valence-electron chi connectivity index (χ4n) is 2.55. The van der Waals surface area contributed by atoms with Crippen LogP contribution < -0.4 is 14.2 Å². The number of halogens is 3. The highest BCUT2D eigenvalue weighted by Crippen LogP contribution is 2.34. The van der Waals surface area contributed by atoms with E-state index in [-0.39, 0.29) is 23.3 Å². The minimum absolute atomic E-state index is 0.108. The first-order chi connectivity index (χ1) is 14.8. The van der Waals surface area contributed by atoms with Crippen molar-refractivity contribution >= 4 is 40.4 Å². The lowest BCUT2D eigenvalue weighted by Gasteiger charge is -2.12. The highest BCUT2D eigenvalue weighted by atomic mass is 35.5. The van der Waals surface area contributed by atoms with Gasteiger partial charge in [-0.15, -0.1) is 0 Å². The first kappa shape index (κ1) is 22.9. The molecule has 31 heavy (non-hydrogen) atoms. The Bertz CT molecular complexity index is 1120. The Morgan fingerprint density at radius 1 is 1.35 bits per heavy atom. The molecule has 0 radical (unpaired) electrons. The predicted molar refractivity (Wildman–Crippen MR) is 116 cm³/mol. The van der Waals surface area contributed by atoms with Crippen LogP contribution in [0.2, 0.25) is 5.02 Å². The number of nitriles is 1.